The molecule has 23 heavy (non-hydrogen) atoms. The van der Waals surface area contributed by atoms with E-state index in [2.05, 4.69) is 22.2 Å². The fraction of sp³-hybridized carbons (Fsp3) is 0.500. The van der Waals surface area contributed by atoms with Gasteiger partial charge in [0.25, 0.3) is 5.91 Å². The Hall–Kier alpha value is -0.430. The number of nitrogens with two attached hydrogens (primary N) is 1. The van der Waals surface area contributed by atoms with Gasteiger partial charge >= 0.3 is 0 Å². The Labute approximate surface area is 161 Å². The molecule has 1 saturated heterocycles. The summed E-state index contributed by atoms with van der Waals surface area (Å²) in [6.07, 6.45) is 0. The fourth-order valence-electron chi connectivity index (χ4n) is 2.21. The third-order valence-corrected chi connectivity index (χ3v) is 3.86. The van der Waals surface area contributed by atoms with Crippen molar-refractivity contribution < 1.29 is 4.79 Å². The van der Waals surface area contributed by atoms with Crippen molar-refractivity contribution >= 4 is 60.4 Å². The first-order chi connectivity index (χ1) is 9.56. The van der Waals surface area contributed by atoms with Crippen LogP contribution in [0.3, 0.4) is 0 Å². The summed E-state index contributed by atoms with van der Waals surface area (Å²) in [5.74, 6) is -0.149. The van der Waals surface area contributed by atoms with Gasteiger partial charge in [0.2, 0.25) is 0 Å². The number of nitrogen functional groups attached to an aromatic ring is 1. The summed E-state index contributed by atoms with van der Waals surface area (Å²) < 4.78 is 0. The standard InChI is InChI=1S/C14H21ClN4O.3ClH/c1-18-6-8-19(9-7-18)5-4-17-14(20)12-3-2-11(16)10-13(12)15;;;/h2-3,10H,4-9,16H2,1H3,(H,17,20);3*1H. The molecule has 0 aliphatic carbocycles. The van der Waals surface area contributed by atoms with E-state index in [9.17, 15) is 4.79 Å². The Morgan fingerprint density at radius 1 is 1.22 bits per heavy atom. The molecule has 1 aromatic carbocycles. The number of anilines is 1. The minimum Gasteiger partial charge on any atom is -0.399 e. The molecule has 0 saturated carbocycles. The van der Waals surface area contributed by atoms with Crippen LogP contribution in [0.5, 0.6) is 0 Å². The number of nitrogens with zero attached hydrogens (tertiary/aromatic N) is 2. The second-order valence-corrected chi connectivity index (χ2v) is 5.55. The highest BCUT2D eigenvalue weighted by atomic mass is 35.5. The van der Waals surface area contributed by atoms with Gasteiger partial charge in [-0.2, -0.15) is 0 Å². The number of hydrogen-bond donors (Lipinski definition) is 2. The van der Waals surface area contributed by atoms with Gasteiger partial charge in [0.05, 0.1) is 10.6 Å². The van der Waals surface area contributed by atoms with Crippen molar-refractivity contribution in [3.63, 3.8) is 0 Å². The number of carbonyl (C=O) groups is 1. The lowest BCUT2D eigenvalue weighted by atomic mass is 10.2. The quantitative estimate of drug-likeness (QED) is 0.753. The molecule has 1 heterocycles. The monoisotopic (exact) mass is 404 g/mol. The van der Waals surface area contributed by atoms with Crippen LogP contribution in [0.4, 0.5) is 5.69 Å². The fourth-order valence-corrected chi connectivity index (χ4v) is 2.48. The number of halogens is 4. The van der Waals surface area contributed by atoms with Gasteiger partial charge < -0.3 is 16.0 Å². The second-order valence-electron chi connectivity index (χ2n) is 5.14. The third-order valence-electron chi connectivity index (χ3n) is 3.55. The van der Waals surface area contributed by atoms with Crippen molar-refractivity contribution in [1.82, 2.24) is 15.1 Å². The van der Waals surface area contributed by atoms with E-state index in [4.69, 9.17) is 17.3 Å². The van der Waals surface area contributed by atoms with Gasteiger partial charge in [0, 0.05) is 45.0 Å². The molecule has 1 aliphatic heterocycles. The molecular weight excluding hydrogens is 382 g/mol. The maximum atomic E-state index is 12.0. The summed E-state index contributed by atoms with van der Waals surface area (Å²) in [5, 5.41) is 3.29. The van der Waals surface area contributed by atoms with E-state index in [0.29, 0.717) is 22.8 Å². The van der Waals surface area contributed by atoms with E-state index >= 15 is 0 Å². The SMILES string of the molecule is CN1CCN(CCNC(=O)c2ccc(N)cc2Cl)CC1.Cl.Cl.Cl. The number of rotatable bonds is 4. The molecule has 3 N–H and O–H groups in total. The van der Waals surface area contributed by atoms with Crippen molar-refractivity contribution in [1.29, 1.82) is 0 Å². The number of amides is 1. The van der Waals surface area contributed by atoms with Gasteiger partial charge in [0.15, 0.2) is 0 Å². The minimum atomic E-state index is -0.149. The molecule has 1 amide bonds. The lowest BCUT2D eigenvalue weighted by Crippen LogP contribution is -2.46. The predicted molar refractivity (Wildman–Crippen MR) is 104 cm³/mol. The van der Waals surface area contributed by atoms with E-state index in [1.54, 1.807) is 18.2 Å². The first-order valence-electron chi connectivity index (χ1n) is 6.80. The summed E-state index contributed by atoms with van der Waals surface area (Å²) >= 11 is 6.01. The summed E-state index contributed by atoms with van der Waals surface area (Å²) in [6.45, 7) is 5.76. The maximum Gasteiger partial charge on any atom is 0.252 e. The Balaban J connectivity index is 0. The van der Waals surface area contributed by atoms with Crippen LogP contribution in [-0.4, -0.2) is 62.0 Å². The first-order valence-corrected chi connectivity index (χ1v) is 7.18. The van der Waals surface area contributed by atoms with Crippen molar-refractivity contribution in [3.8, 4) is 0 Å². The lowest BCUT2D eigenvalue weighted by Gasteiger charge is -2.32. The third kappa shape index (κ3) is 7.79. The van der Waals surface area contributed by atoms with Gasteiger partial charge in [-0.3, -0.25) is 9.69 Å². The average molecular weight is 406 g/mol. The van der Waals surface area contributed by atoms with Crippen LogP contribution >= 0.6 is 48.8 Å². The Morgan fingerprint density at radius 2 is 1.83 bits per heavy atom. The molecule has 0 unspecified atom stereocenters. The van der Waals surface area contributed by atoms with Crippen LogP contribution in [0.25, 0.3) is 0 Å². The Kier molecular flexibility index (Phi) is 13.0. The minimum absolute atomic E-state index is 0. The molecule has 134 valence electrons. The summed E-state index contributed by atoms with van der Waals surface area (Å²) in [7, 11) is 2.13. The zero-order valence-electron chi connectivity index (χ0n) is 13.0. The number of benzene rings is 1. The molecule has 0 radical (unpaired) electrons. The van der Waals surface area contributed by atoms with Crippen LogP contribution in [0.15, 0.2) is 18.2 Å². The van der Waals surface area contributed by atoms with Gasteiger partial charge in [-0.1, -0.05) is 11.6 Å². The van der Waals surface area contributed by atoms with Crippen molar-refractivity contribution in [2.75, 3.05) is 52.0 Å². The zero-order chi connectivity index (χ0) is 14.5. The highest BCUT2D eigenvalue weighted by molar-refractivity contribution is 6.34. The Bertz CT molecular complexity index is 482. The van der Waals surface area contributed by atoms with Crippen LogP contribution in [0.1, 0.15) is 10.4 Å². The molecule has 5 nitrogen and oxygen atoms in total. The smallest absolute Gasteiger partial charge is 0.252 e. The highest BCUT2D eigenvalue weighted by Crippen LogP contribution is 2.18. The van der Waals surface area contributed by atoms with Crippen molar-refractivity contribution in [3.05, 3.63) is 28.8 Å². The molecule has 0 spiro atoms. The van der Waals surface area contributed by atoms with Crippen LogP contribution in [0, 0.1) is 0 Å². The molecule has 0 bridgehead atoms. The normalized spacial score (nSPS) is 14.9. The van der Waals surface area contributed by atoms with Crippen LogP contribution in [0.2, 0.25) is 5.02 Å². The van der Waals surface area contributed by atoms with E-state index in [-0.39, 0.29) is 43.1 Å². The Morgan fingerprint density at radius 3 is 2.39 bits per heavy atom. The maximum absolute atomic E-state index is 12.0. The number of likely N-dealkylation sites (N-methyl/N-ethyl adjacent to an activating group) is 1. The van der Waals surface area contributed by atoms with Crippen molar-refractivity contribution in [2.45, 2.75) is 0 Å². The number of hydrogen-bond acceptors (Lipinski definition) is 4. The van der Waals surface area contributed by atoms with E-state index in [0.717, 1.165) is 32.7 Å². The summed E-state index contributed by atoms with van der Waals surface area (Å²) in [4.78, 5) is 16.7. The van der Waals surface area contributed by atoms with E-state index in [1.165, 1.54) is 0 Å². The highest BCUT2D eigenvalue weighted by Gasteiger charge is 2.14. The van der Waals surface area contributed by atoms with E-state index < -0.39 is 0 Å². The first kappa shape index (κ1) is 24.8. The van der Waals surface area contributed by atoms with Crippen LogP contribution < -0.4 is 11.1 Å². The van der Waals surface area contributed by atoms with Crippen molar-refractivity contribution in [2.24, 2.45) is 0 Å². The second kappa shape index (κ2) is 12.0. The molecule has 2 rings (SSSR count). The average Bonchev–Trinajstić information content (AvgIpc) is 2.41. The summed E-state index contributed by atoms with van der Waals surface area (Å²) in [6, 6.07) is 4.93. The number of piperazine rings is 1. The molecule has 0 atom stereocenters. The van der Waals surface area contributed by atoms with Gasteiger partial charge in [-0.25, -0.2) is 0 Å². The van der Waals surface area contributed by atoms with Gasteiger partial charge in [-0.05, 0) is 25.2 Å². The molecular formula is C14H24Cl4N4O. The van der Waals surface area contributed by atoms with Crippen LogP contribution in [-0.2, 0) is 0 Å². The topological polar surface area (TPSA) is 61.6 Å². The molecule has 1 aliphatic rings. The molecule has 1 aromatic rings. The molecule has 1 fully saturated rings. The summed E-state index contributed by atoms with van der Waals surface area (Å²) in [5.41, 5.74) is 6.64. The van der Waals surface area contributed by atoms with Gasteiger partial charge in [-0.15, -0.1) is 37.2 Å². The number of carbonyl (C=O) groups excluding carboxylic acids is 1. The van der Waals surface area contributed by atoms with Gasteiger partial charge in [0.1, 0.15) is 0 Å². The molecule has 9 heteroatoms. The predicted octanol–water partition coefficient (Wildman–Crippen LogP) is 2.16. The largest absolute Gasteiger partial charge is 0.399 e. The lowest BCUT2D eigenvalue weighted by molar-refractivity contribution is 0.0941. The molecule has 0 aromatic heterocycles. The zero-order valence-corrected chi connectivity index (χ0v) is 16.2. The van der Waals surface area contributed by atoms with E-state index in [1.807, 2.05) is 0 Å². The number of nitrogens with one attached hydrogen (secondary N) is 1.